The standard InChI is InChI=1S/C18H19NO5S.C2H6/c1-21-11-6-5-10(9-14(11)24-4)16(20)18-19-15-12(22-2)7-8-13(23-3)17(15)25-18;1-2/h5-9,16,20H,1-4H3;1-2H3. The van der Waals surface area contributed by atoms with Crippen molar-refractivity contribution in [3.8, 4) is 23.0 Å². The zero-order valence-electron chi connectivity index (χ0n) is 16.4. The van der Waals surface area contributed by atoms with Crippen molar-refractivity contribution in [3.05, 3.63) is 40.9 Å². The van der Waals surface area contributed by atoms with Crippen LogP contribution in [-0.2, 0) is 0 Å². The van der Waals surface area contributed by atoms with Crippen molar-refractivity contribution in [1.29, 1.82) is 0 Å². The number of rotatable bonds is 6. The van der Waals surface area contributed by atoms with Gasteiger partial charge in [-0.3, -0.25) is 0 Å². The van der Waals surface area contributed by atoms with E-state index in [4.69, 9.17) is 18.9 Å². The molecule has 0 radical (unpaired) electrons. The summed E-state index contributed by atoms with van der Waals surface area (Å²) < 4.78 is 22.1. The first-order valence-electron chi connectivity index (χ1n) is 8.54. The first-order chi connectivity index (χ1) is 13.1. The number of hydrogen-bond donors (Lipinski definition) is 1. The van der Waals surface area contributed by atoms with Crippen LogP contribution >= 0.6 is 11.3 Å². The highest BCUT2D eigenvalue weighted by atomic mass is 32.1. The van der Waals surface area contributed by atoms with E-state index >= 15 is 0 Å². The second-order valence-corrected chi connectivity index (χ2v) is 6.25. The predicted octanol–water partition coefficient (Wildman–Crippen LogP) is 4.44. The van der Waals surface area contributed by atoms with Gasteiger partial charge in [-0.1, -0.05) is 19.9 Å². The molecule has 1 atom stereocenters. The number of methoxy groups -OCH3 is 4. The van der Waals surface area contributed by atoms with Gasteiger partial charge in [-0.05, 0) is 29.8 Å². The van der Waals surface area contributed by atoms with Crippen molar-refractivity contribution >= 4 is 21.6 Å². The molecule has 2 aromatic carbocycles. The number of hydrogen-bond acceptors (Lipinski definition) is 7. The molecule has 0 saturated heterocycles. The Morgan fingerprint density at radius 1 is 0.815 bits per heavy atom. The highest BCUT2D eigenvalue weighted by molar-refractivity contribution is 7.19. The normalized spacial score (nSPS) is 11.4. The fraction of sp³-hybridized carbons (Fsp3) is 0.350. The van der Waals surface area contributed by atoms with Gasteiger partial charge in [-0.2, -0.15) is 0 Å². The summed E-state index contributed by atoms with van der Waals surface area (Å²) in [6.45, 7) is 4.00. The Morgan fingerprint density at radius 3 is 1.96 bits per heavy atom. The van der Waals surface area contributed by atoms with E-state index in [0.717, 1.165) is 4.70 Å². The molecule has 1 unspecified atom stereocenters. The van der Waals surface area contributed by atoms with Gasteiger partial charge in [0.1, 0.15) is 32.8 Å². The van der Waals surface area contributed by atoms with Gasteiger partial charge in [0.15, 0.2) is 11.5 Å². The molecule has 146 valence electrons. The van der Waals surface area contributed by atoms with Crippen LogP contribution in [0.2, 0.25) is 0 Å². The van der Waals surface area contributed by atoms with Gasteiger partial charge >= 0.3 is 0 Å². The predicted molar refractivity (Wildman–Crippen MR) is 108 cm³/mol. The van der Waals surface area contributed by atoms with E-state index in [1.54, 1.807) is 52.7 Å². The maximum Gasteiger partial charge on any atom is 0.161 e. The third kappa shape index (κ3) is 4.09. The summed E-state index contributed by atoms with van der Waals surface area (Å²) in [6, 6.07) is 8.90. The van der Waals surface area contributed by atoms with E-state index in [0.29, 0.717) is 39.1 Å². The molecule has 0 aliphatic heterocycles. The van der Waals surface area contributed by atoms with Gasteiger partial charge in [0.25, 0.3) is 0 Å². The molecule has 6 nitrogen and oxygen atoms in total. The fourth-order valence-corrected chi connectivity index (χ4v) is 3.67. The number of fused-ring (bicyclic) bond motifs is 1. The average molecular weight is 391 g/mol. The number of aliphatic hydroxyl groups excluding tert-OH is 1. The number of aromatic nitrogens is 1. The molecule has 3 aromatic rings. The third-order valence-corrected chi connectivity index (χ3v) is 5.01. The molecule has 0 aliphatic carbocycles. The van der Waals surface area contributed by atoms with E-state index in [-0.39, 0.29) is 0 Å². The quantitative estimate of drug-likeness (QED) is 0.670. The van der Waals surface area contributed by atoms with E-state index < -0.39 is 6.10 Å². The Bertz CT molecular complexity index is 852. The molecule has 0 fully saturated rings. The highest BCUT2D eigenvalue weighted by Gasteiger charge is 2.21. The minimum Gasteiger partial charge on any atom is -0.495 e. The van der Waals surface area contributed by atoms with E-state index in [2.05, 4.69) is 4.98 Å². The number of aliphatic hydroxyl groups is 1. The van der Waals surface area contributed by atoms with E-state index in [1.165, 1.54) is 11.3 Å². The molecule has 7 heteroatoms. The highest BCUT2D eigenvalue weighted by Crippen LogP contribution is 2.40. The lowest BCUT2D eigenvalue weighted by Gasteiger charge is -2.12. The van der Waals surface area contributed by atoms with Gasteiger partial charge in [-0.15, -0.1) is 11.3 Å². The third-order valence-electron chi connectivity index (χ3n) is 3.88. The molecule has 1 aromatic heterocycles. The van der Waals surface area contributed by atoms with Crippen LogP contribution in [0.15, 0.2) is 30.3 Å². The molecule has 3 rings (SSSR count). The average Bonchev–Trinajstić information content (AvgIpc) is 3.18. The lowest BCUT2D eigenvalue weighted by atomic mass is 10.1. The summed E-state index contributed by atoms with van der Waals surface area (Å²) in [4.78, 5) is 4.56. The van der Waals surface area contributed by atoms with Gasteiger partial charge in [-0.25, -0.2) is 4.98 Å². The van der Waals surface area contributed by atoms with Gasteiger partial charge in [0, 0.05) is 0 Å². The summed E-state index contributed by atoms with van der Waals surface area (Å²) >= 11 is 1.37. The molecule has 0 spiro atoms. The Hall–Kier alpha value is -2.51. The van der Waals surface area contributed by atoms with Crippen molar-refractivity contribution in [1.82, 2.24) is 4.98 Å². The summed E-state index contributed by atoms with van der Waals surface area (Å²) in [5, 5.41) is 11.3. The largest absolute Gasteiger partial charge is 0.495 e. The minimum absolute atomic E-state index is 0.546. The molecule has 0 amide bonds. The summed E-state index contributed by atoms with van der Waals surface area (Å²) in [5.41, 5.74) is 1.33. The van der Waals surface area contributed by atoms with Crippen LogP contribution in [0.1, 0.15) is 30.5 Å². The zero-order valence-corrected chi connectivity index (χ0v) is 17.2. The molecule has 0 aliphatic rings. The molecule has 0 saturated carbocycles. The van der Waals surface area contributed by atoms with Crippen LogP contribution < -0.4 is 18.9 Å². The van der Waals surface area contributed by atoms with Crippen LogP contribution in [0.5, 0.6) is 23.0 Å². The molecule has 27 heavy (non-hydrogen) atoms. The van der Waals surface area contributed by atoms with Crippen molar-refractivity contribution in [3.63, 3.8) is 0 Å². The summed E-state index contributed by atoms with van der Waals surface area (Å²) in [7, 11) is 6.32. The van der Waals surface area contributed by atoms with E-state index in [9.17, 15) is 5.11 Å². The molecular weight excluding hydrogens is 366 g/mol. The van der Waals surface area contributed by atoms with Crippen LogP contribution in [0.25, 0.3) is 10.2 Å². The van der Waals surface area contributed by atoms with Crippen molar-refractivity contribution in [2.24, 2.45) is 0 Å². The van der Waals surface area contributed by atoms with Gasteiger partial charge < -0.3 is 24.1 Å². The topological polar surface area (TPSA) is 70.0 Å². The Balaban J connectivity index is 0.00000126. The maximum absolute atomic E-state index is 10.8. The number of benzene rings is 2. The van der Waals surface area contributed by atoms with Crippen LogP contribution in [0.4, 0.5) is 0 Å². The fourth-order valence-electron chi connectivity index (χ4n) is 2.58. The van der Waals surface area contributed by atoms with Crippen LogP contribution in [0, 0.1) is 0 Å². The van der Waals surface area contributed by atoms with E-state index in [1.807, 2.05) is 19.9 Å². The first-order valence-corrected chi connectivity index (χ1v) is 9.36. The lowest BCUT2D eigenvalue weighted by Crippen LogP contribution is -2.00. The van der Waals surface area contributed by atoms with Crippen molar-refractivity contribution in [2.75, 3.05) is 28.4 Å². The second-order valence-electron chi connectivity index (χ2n) is 5.22. The number of ether oxygens (including phenoxy) is 4. The molecule has 0 bridgehead atoms. The Morgan fingerprint density at radius 2 is 1.37 bits per heavy atom. The van der Waals surface area contributed by atoms with Crippen LogP contribution in [0.3, 0.4) is 0 Å². The van der Waals surface area contributed by atoms with Gasteiger partial charge in [0.05, 0.1) is 28.4 Å². The summed E-state index contributed by atoms with van der Waals surface area (Å²) in [5.74, 6) is 2.48. The second kappa shape index (κ2) is 9.43. The zero-order chi connectivity index (χ0) is 20.0. The van der Waals surface area contributed by atoms with Crippen molar-refractivity contribution < 1.29 is 24.1 Å². The Kier molecular flexibility index (Phi) is 7.27. The first kappa shape index (κ1) is 20.8. The monoisotopic (exact) mass is 391 g/mol. The molecular formula is C20H25NO5S. The minimum atomic E-state index is -0.897. The van der Waals surface area contributed by atoms with Crippen molar-refractivity contribution in [2.45, 2.75) is 20.0 Å². The smallest absolute Gasteiger partial charge is 0.161 e. The number of thiazole rings is 1. The Labute approximate surface area is 163 Å². The molecule has 1 N–H and O–H groups in total. The van der Waals surface area contributed by atoms with Crippen LogP contribution in [-0.4, -0.2) is 38.5 Å². The summed E-state index contributed by atoms with van der Waals surface area (Å²) in [6.07, 6.45) is -0.897. The lowest BCUT2D eigenvalue weighted by molar-refractivity contribution is 0.219. The SMILES string of the molecule is CC.COc1ccc(C(O)c2nc3c(OC)ccc(OC)c3s2)cc1OC. The maximum atomic E-state index is 10.8. The molecule has 1 heterocycles. The number of nitrogens with zero attached hydrogens (tertiary/aromatic N) is 1. The van der Waals surface area contributed by atoms with Gasteiger partial charge in [0.2, 0.25) is 0 Å².